The molecule has 0 spiro atoms. The Morgan fingerprint density at radius 2 is 1.90 bits per heavy atom. The summed E-state index contributed by atoms with van der Waals surface area (Å²) in [6, 6.07) is 16.0. The number of amides is 1. The van der Waals surface area contributed by atoms with Gasteiger partial charge in [0.05, 0.1) is 11.5 Å². The van der Waals surface area contributed by atoms with Crippen molar-refractivity contribution in [1.82, 2.24) is 5.32 Å². The minimum Gasteiger partial charge on any atom is -0.490 e. The van der Waals surface area contributed by atoms with E-state index in [1.807, 2.05) is 24.3 Å². The van der Waals surface area contributed by atoms with Crippen molar-refractivity contribution in [1.29, 1.82) is 0 Å². The molecule has 1 amide bonds. The molecule has 1 atom stereocenters. The summed E-state index contributed by atoms with van der Waals surface area (Å²) in [6.45, 7) is 8.44. The summed E-state index contributed by atoms with van der Waals surface area (Å²) in [4.78, 5) is 12.2. The maximum absolute atomic E-state index is 12.2. The third kappa shape index (κ3) is 6.06. The molecule has 0 aromatic heterocycles. The zero-order chi connectivity index (χ0) is 20.6. The Balaban J connectivity index is 1.55. The summed E-state index contributed by atoms with van der Waals surface area (Å²) < 4.78 is 5.45. The molecular formula is C23H25N3O2S. The molecule has 2 aromatic rings. The van der Waals surface area contributed by atoms with Gasteiger partial charge in [0, 0.05) is 0 Å². The van der Waals surface area contributed by atoms with Crippen LogP contribution in [0.4, 0.5) is 0 Å². The molecule has 1 heterocycles. The molecular weight excluding hydrogens is 382 g/mol. The zero-order valence-electron chi connectivity index (χ0n) is 16.7. The Hall–Kier alpha value is -2.86. The molecule has 1 aliphatic heterocycles. The average Bonchev–Trinajstić information content (AvgIpc) is 3.07. The van der Waals surface area contributed by atoms with Gasteiger partial charge in [0.25, 0.3) is 0 Å². The van der Waals surface area contributed by atoms with Crippen molar-refractivity contribution < 1.29 is 9.53 Å². The predicted octanol–water partition coefficient (Wildman–Crippen LogP) is 4.54. The van der Waals surface area contributed by atoms with E-state index in [1.165, 1.54) is 17.3 Å². The quantitative estimate of drug-likeness (QED) is 0.397. The first-order valence-electron chi connectivity index (χ1n) is 9.56. The number of hydrogen-bond donors (Lipinski definition) is 1. The van der Waals surface area contributed by atoms with Crippen LogP contribution in [0.25, 0.3) is 0 Å². The molecule has 29 heavy (non-hydrogen) atoms. The number of thioether (sulfide) groups is 1. The molecule has 5 nitrogen and oxygen atoms in total. The van der Waals surface area contributed by atoms with E-state index in [9.17, 15) is 4.79 Å². The van der Waals surface area contributed by atoms with E-state index in [-0.39, 0.29) is 11.2 Å². The molecule has 1 saturated heterocycles. The third-order valence-corrected chi connectivity index (χ3v) is 5.52. The summed E-state index contributed by atoms with van der Waals surface area (Å²) in [5.41, 5.74) is 3.34. The molecule has 0 radical (unpaired) electrons. The molecule has 0 bridgehead atoms. The van der Waals surface area contributed by atoms with Gasteiger partial charge in [-0.2, -0.15) is 5.10 Å². The van der Waals surface area contributed by atoms with Gasteiger partial charge in [-0.1, -0.05) is 62.5 Å². The minimum absolute atomic E-state index is 0.0272. The lowest BCUT2D eigenvalue weighted by Crippen LogP contribution is -2.25. The SMILES string of the molecule is C=CCOc1ccc(/C=N\N=C2/NC(=O)[C@H](Cc3ccc(C(C)C)cc3)S2)cc1. The Labute approximate surface area is 176 Å². The van der Waals surface area contributed by atoms with E-state index in [1.54, 1.807) is 12.3 Å². The summed E-state index contributed by atoms with van der Waals surface area (Å²) >= 11 is 1.42. The van der Waals surface area contributed by atoms with Gasteiger partial charge in [-0.3, -0.25) is 4.79 Å². The number of nitrogens with one attached hydrogen (secondary N) is 1. The fourth-order valence-electron chi connectivity index (χ4n) is 2.79. The minimum atomic E-state index is -0.185. The van der Waals surface area contributed by atoms with Crippen molar-refractivity contribution in [3.63, 3.8) is 0 Å². The van der Waals surface area contributed by atoms with Crippen LogP contribution in [-0.4, -0.2) is 29.1 Å². The Morgan fingerprint density at radius 1 is 1.17 bits per heavy atom. The van der Waals surface area contributed by atoms with Crippen LogP contribution < -0.4 is 10.1 Å². The lowest BCUT2D eigenvalue weighted by atomic mass is 10.0. The van der Waals surface area contributed by atoms with Crippen LogP contribution in [-0.2, 0) is 11.2 Å². The van der Waals surface area contributed by atoms with E-state index in [2.05, 4.69) is 60.2 Å². The van der Waals surface area contributed by atoms with Gasteiger partial charge >= 0.3 is 0 Å². The number of nitrogens with zero attached hydrogens (tertiary/aromatic N) is 2. The zero-order valence-corrected chi connectivity index (χ0v) is 17.5. The Morgan fingerprint density at radius 3 is 2.55 bits per heavy atom. The highest BCUT2D eigenvalue weighted by atomic mass is 32.2. The van der Waals surface area contributed by atoms with Gasteiger partial charge in [-0.25, -0.2) is 0 Å². The van der Waals surface area contributed by atoms with Crippen LogP contribution in [0, 0.1) is 0 Å². The number of hydrogen-bond acceptors (Lipinski definition) is 5. The second-order valence-electron chi connectivity index (χ2n) is 7.01. The average molecular weight is 408 g/mol. The van der Waals surface area contributed by atoms with Crippen LogP contribution in [0.15, 0.2) is 71.4 Å². The highest BCUT2D eigenvalue weighted by Gasteiger charge is 2.30. The summed E-state index contributed by atoms with van der Waals surface area (Å²) in [7, 11) is 0. The highest BCUT2D eigenvalue weighted by Crippen LogP contribution is 2.24. The molecule has 6 heteroatoms. The van der Waals surface area contributed by atoms with Crippen LogP contribution in [0.2, 0.25) is 0 Å². The van der Waals surface area contributed by atoms with Gasteiger partial charge in [-0.05, 0) is 53.3 Å². The van der Waals surface area contributed by atoms with E-state index in [4.69, 9.17) is 4.74 Å². The first-order chi connectivity index (χ1) is 14.0. The number of carbonyl (C=O) groups is 1. The first kappa shape index (κ1) is 20.9. The molecule has 1 fully saturated rings. The van der Waals surface area contributed by atoms with E-state index < -0.39 is 0 Å². The maximum atomic E-state index is 12.2. The number of carbonyl (C=O) groups excluding carboxylic acids is 1. The third-order valence-electron chi connectivity index (χ3n) is 4.45. The van der Waals surface area contributed by atoms with Gasteiger partial charge in [0.2, 0.25) is 5.91 Å². The van der Waals surface area contributed by atoms with Crippen molar-refractivity contribution in [3.05, 3.63) is 77.9 Å². The molecule has 0 saturated carbocycles. The van der Waals surface area contributed by atoms with Gasteiger partial charge in [0.15, 0.2) is 5.17 Å². The molecule has 1 N–H and O–H groups in total. The van der Waals surface area contributed by atoms with Crippen molar-refractivity contribution in [2.24, 2.45) is 10.2 Å². The number of benzene rings is 2. The van der Waals surface area contributed by atoms with Crippen molar-refractivity contribution in [2.45, 2.75) is 31.4 Å². The van der Waals surface area contributed by atoms with E-state index >= 15 is 0 Å². The van der Waals surface area contributed by atoms with Gasteiger partial charge in [0.1, 0.15) is 12.4 Å². The Bertz CT molecular complexity index is 903. The van der Waals surface area contributed by atoms with Crippen molar-refractivity contribution >= 4 is 29.1 Å². The normalized spacial score (nSPS) is 17.8. The number of rotatable bonds is 8. The van der Waals surface area contributed by atoms with Gasteiger partial charge in [-0.15, -0.1) is 5.10 Å². The van der Waals surface area contributed by atoms with E-state index in [0.29, 0.717) is 24.1 Å². The van der Waals surface area contributed by atoms with Crippen LogP contribution in [0.5, 0.6) is 5.75 Å². The Kier molecular flexibility index (Phi) is 7.25. The molecule has 1 aliphatic rings. The van der Waals surface area contributed by atoms with Crippen molar-refractivity contribution in [3.8, 4) is 5.75 Å². The monoisotopic (exact) mass is 407 g/mol. The molecule has 2 aromatic carbocycles. The molecule has 0 aliphatic carbocycles. The topological polar surface area (TPSA) is 63.1 Å². The lowest BCUT2D eigenvalue weighted by Gasteiger charge is -2.08. The highest BCUT2D eigenvalue weighted by molar-refractivity contribution is 8.15. The van der Waals surface area contributed by atoms with Crippen LogP contribution in [0.1, 0.15) is 36.5 Å². The first-order valence-corrected chi connectivity index (χ1v) is 10.4. The fourth-order valence-corrected chi connectivity index (χ4v) is 3.76. The van der Waals surface area contributed by atoms with Gasteiger partial charge < -0.3 is 10.1 Å². The molecule has 0 unspecified atom stereocenters. The fraction of sp³-hybridized carbons (Fsp3) is 0.261. The largest absolute Gasteiger partial charge is 0.490 e. The second kappa shape index (κ2) is 10.1. The second-order valence-corrected chi connectivity index (χ2v) is 8.21. The van der Waals surface area contributed by atoms with Crippen LogP contribution >= 0.6 is 11.8 Å². The molecule has 3 rings (SSSR count). The maximum Gasteiger partial charge on any atom is 0.239 e. The summed E-state index contributed by atoms with van der Waals surface area (Å²) in [5, 5.41) is 11.4. The molecule has 150 valence electrons. The van der Waals surface area contributed by atoms with E-state index in [0.717, 1.165) is 16.9 Å². The number of ether oxygens (including phenoxy) is 1. The summed E-state index contributed by atoms with van der Waals surface area (Å²) in [6.07, 6.45) is 4.02. The lowest BCUT2D eigenvalue weighted by molar-refractivity contribution is -0.118. The number of amidine groups is 1. The smallest absolute Gasteiger partial charge is 0.239 e. The standard InChI is InChI=1S/C23H25N3O2S/c1-4-13-28-20-11-7-18(8-12-20)15-24-26-23-25-22(27)21(29-23)14-17-5-9-19(10-6-17)16(2)3/h4-12,15-16,21H,1,13-14H2,2-3H3,(H,25,26,27)/b24-15-/t21-/m0/s1. The van der Waals surface area contributed by atoms with Crippen molar-refractivity contribution in [2.75, 3.05) is 6.61 Å². The predicted molar refractivity (Wildman–Crippen MR) is 121 cm³/mol. The summed E-state index contributed by atoms with van der Waals surface area (Å²) in [5.74, 6) is 1.25. The van der Waals surface area contributed by atoms with Crippen LogP contribution in [0.3, 0.4) is 0 Å².